The van der Waals surface area contributed by atoms with E-state index < -0.39 is 0 Å². The van der Waals surface area contributed by atoms with Gasteiger partial charge in [0.1, 0.15) is 0 Å². The van der Waals surface area contributed by atoms with E-state index in [1.807, 2.05) is 30.0 Å². The van der Waals surface area contributed by atoms with Gasteiger partial charge in [-0.2, -0.15) is 0 Å². The first-order chi connectivity index (χ1) is 8.63. The van der Waals surface area contributed by atoms with Crippen LogP contribution in [0.25, 0.3) is 0 Å². The van der Waals surface area contributed by atoms with Crippen LogP contribution >= 0.6 is 15.9 Å². The van der Waals surface area contributed by atoms with Crippen molar-refractivity contribution < 1.29 is 9.53 Å². The largest absolute Gasteiger partial charge is 0.380 e. The van der Waals surface area contributed by atoms with Gasteiger partial charge >= 0.3 is 0 Å². The van der Waals surface area contributed by atoms with Gasteiger partial charge in [-0.05, 0) is 47.3 Å². The first kappa shape index (κ1) is 13.6. The third-order valence-electron chi connectivity index (χ3n) is 3.42. The second-order valence-electron chi connectivity index (χ2n) is 4.69. The van der Waals surface area contributed by atoms with Gasteiger partial charge in [0.15, 0.2) is 0 Å². The Balaban J connectivity index is 2.18. The molecule has 1 unspecified atom stereocenters. The Labute approximate surface area is 116 Å². The molecule has 1 aromatic rings. The molecule has 4 heteroatoms. The van der Waals surface area contributed by atoms with E-state index in [0.29, 0.717) is 6.54 Å². The molecule has 1 aliphatic rings. The van der Waals surface area contributed by atoms with E-state index in [0.717, 1.165) is 35.0 Å². The molecule has 1 amide bonds. The number of likely N-dealkylation sites (tertiary alicyclic amines) is 1. The van der Waals surface area contributed by atoms with Crippen molar-refractivity contribution in [3.8, 4) is 0 Å². The van der Waals surface area contributed by atoms with Crippen LogP contribution in [-0.2, 0) is 4.74 Å². The highest BCUT2D eigenvalue weighted by Crippen LogP contribution is 2.24. The molecule has 1 aromatic carbocycles. The number of piperidine rings is 1. The van der Waals surface area contributed by atoms with E-state index in [2.05, 4.69) is 15.9 Å². The Morgan fingerprint density at radius 2 is 2.28 bits per heavy atom. The Hall–Kier alpha value is -0.870. The number of aryl methyl sites for hydroxylation is 1. The summed E-state index contributed by atoms with van der Waals surface area (Å²) in [6.45, 7) is 3.50. The summed E-state index contributed by atoms with van der Waals surface area (Å²) < 4.78 is 6.25. The fourth-order valence-electron chi connectivity index (χ4n) is 2.30. The van der Waals surface area contributed by atoms with Gasteiger partial charge in [0, 0.05) is 24.7 Å². The van der Waals surface area contributed by atoms with Crippen molar-refractivity contribution in [1.82, 2.24) is 4.90 Å². The number of methoxy groups -OCH3 is 1. The topological polar surface area (TPSA) is 29.5 Å². The molecule has 0 spiro atoms. The molecule has 0 bridgehead atoms. The van der Waals surface area contributed by atoms with Crippen molar-refractivity contribution in [2.24, 2.45) is 0 Å². The second-order valence-corrected chi connectivity index (χ2v) is 5.48. The van der Waals surface area contributed by atoms with Crippen LogP contribution in [0.15, 0.2) is 22.7 Å². The fourth-order valence-corrected chi connectivity index (χ4v) is 2.73. The highest BCUT2D eigenvalue weighted by Gasteiger charge is 2.25. The standard InChI is InChI=1S/C14H18BrNO2/c1-10-5-3-7-12(13(10)15)14(17)16-8-4-6-11(9-16)18-2/h3,5,7,11H,4,6,8-9H2,1-2H3. The van der Waals surface area contributed by atoms with Crippen LogP contribution in [0, 0.1) is 6.92 Å². The molecule has 0 N–H and O–H groups in total. The van der Waals surface area contributed by atoms with Crippen LogP contribution in [0.5, 0.6) is 0 Å². The lowest BCUT2D eigenvalue weighted by Gasteiger charge is -2.32. The first-order valence-corrected chi connectivity index (χ1v) is 7.00. The SMILES string of the molecule is COC1CCCN(C(=O)c2cccc(C)c2Br)C1. The molecule has 0 radical (unpaired) electrons. The number of amides is 1. The molecule has 0 saturated carbocycles. The van der Waals surface area contributed by atoms with E-state index in [4.69, 9.17) is 4.74 Å². The van der Waals surface area contributed by atoms with E-state index in [9.17, 15) is 4.79 Å². The summed E-state index contributed by atoms with van der Waals surface area (Å²) in [7, 11) is 1.71. The minimum atomic E-state index is 0.0901. The Morgan fingerprint density at radius 3 is 3.00 bits per heavy atom. The van der Waals surface area contributed by atoms with Gasteiger partial charge < -0.3 is 9.64 Å². The number of hydrogen-bond donors (Lipinski definition) is 0. The zero-order chi connectivity index (χ0) is 13.1. The van der Waals surface area contributed by atoms with Gasteiger partial charge in [-0.3, -0.25) is 4.79 Å². The molecule has 3 nitrogen and oxygen atoms in total. The summed E-state index contributed by atoms with van der Waals surface area (Å²) >= 11 is 3.50. The van der Waals surface area contributed by atoms with Crippen LogP contribution in [0.3, 0.4) is 0 Å². The average Bonchev–Trinajstić information content (AvgIpc) is 2.41. The first-order valence-electron chi connectivity index (χ1n) is 6.20. The maximum absolute atomic E-state index is 12.5. The van der Waals surface area contributed by atoms with Crippen molar-refractivity contribution in [1.29, 1.82) is 0 Å². The number of hydrogen-bond acceptors (Lipinski definition) is 2. The third-order valence-corrected chi connectivity index (χ3v) is 4.47. The molecule has 98 valence electrons. The van der Waals surface area contributed by atoms with E-state index in [1.54, 1.807) is 7.11 Å². The van der Waals surface area contributed by atoms with Crippen molar-refractivity contribution in [2.45, 2.75) is 25.9 Å². The lowest BCUT2D eigenvalue weighted by atomic mass is 10.1. The maximum Gasteiger partial charge on any atom is 0.255 e. The summed E-state index contributed by atoms with van der Waals surface area (Å²) in [5, 5.41) is 0. The Bertz CT molecular complexity index is 447. The monoisotopic (exact) mass is 311 g/mol. The van der Waals surface area contributed by atoms with Gasteiger partial charge in [0.2, 0.25) is 0 Å². The molecule has 18 heavy (non-hydrogen) atoms. The zero-order valence-corrected chi connectivity index (χ0v) is 12.4. The van der Waals surface area contributed by atoms with Gasteiger partial charge in [0.05, 0.1) is 11.7 Å². The number of carbonyl (C=O) groups excluding carboxylic acids is 1. The molecular formula is C14H18BrNO2. The number of nitrogens with zero attached hydrogens (tertiary/aromatic N) is 1. The minimum Gasteiger partial charge on any atom is -0.380 e. The Kier molecular flexibility index (Phi) is 4.40. The number of rotatable bonds is 2. The van der Waals surface area contributed by atoms with E-state index >= 15 is 0 Å². The molecule has 1 aliphatic heterocycles. The molecule has 1 fully saturated rings. The molecule has 1 atom stereocenters. The lowest BCUT2D eigenvalue weighted by Crippen LogP contribution is -2.43. The van der Waals surface area contributed by atoms with Crippen LogP contribution in [0.2, 0.25) is 0 Å². The summed E-state index contributed by atoms with van der Waals surface area (Å²) in [6, 6.07) is 5.79. The normalized spacial score (nSPS) is 19.9. The molecule has 0 aliphatic carbocycles. The van der Waals surface area contributed by atoms with Gasteiger partial charge in [0.25, 0.3) is 5.91 Å². The highest BCUT2D eigenvalue weighted by atomic mass is 79.9. The molecule has 0 aromatic heterocycles. The van der Waals surface area contributed by atoms with Crippen LogP contribution in [-0.4, -0.2) is 37.1 Å². The van der Waals surface area contributed by atoms with Crippen molar-refractivity contribution in [3.63, 3.8) is 0 Å². The molecule has 2 rings (SSSR count). The van der Waals surface area contributed by atoms with Crippen molar-refractivity contribution in [3.05, 3.63) is 33.8 Å². The number of halogens is 1. The molecular weight excluding hydrogens is 294 g/mol. The smallest absolute Gasteiger partial charge is 0.255 e. The number of benzene rings is 1. The Morgan fingerprint density at radius 1 is 1.50 bits per heavy atom. The highest BCUT2D eigenvalue weighted by molar-refractivity contribution is 9.10. The van der Waals surface area contributed by atoms with Crippen LogP contribution < -0.4 is 0 Å². The van der Waals surface area contributed by atoms with E-state index in [1.165, 1.54) is 0 Å². The summed E-state index contributed by atoms with van der Waals surface area (Å²) in [6.07, 6.45) is 2.22. The van der Waals surface area contributed by atoms with Crippen molar-refractivity contribution in [2.75, 3.05) is 20.2 Å². The lowest BCUT2D eigenvalue weighted by molar-refractivity contribution is 0.0268. The second kappa shape index (κ2) is 5.85. The fraction of sp³-hybridized carbons (Fsp3) is 0.500. The van der Waals surface area contributed by atoms with Gasteiger partial charge in [-0.15, -0.1) is 0 Å². The molecule has 1 heterocycles. The zero-order valence-electron chi connectivity index (χ0n) is 10.8. The van der Waals surface area contributed by atoms with Gasteiger partial charge in [-0.1, -0.05) is 12.1 Å². The third kappa shape index (κ3) is 2.75. The summed E-state index contributed by atoms with van der Waals surface area (Å²) in [5.41, 5.74) is 1.83. The van der Waals surface area contributed by atoms with Crippen LogP contribution in [0.4, 0.5) is 0 Å². The van der Waals surface area contributed by atoms with Crippen molar-refractivity contribution >= 4 is 21.8 Å². The average molecular weight is 312 g/mol. The summed E-state index contributed by atoms with van der Waals surface area (Å²) in [5.74, 6) is 0.0901. The number of ether oxygens (including phenoxy) is 1. The number of carbonyl (C=O) groups is 1. The summed E-state index contributed by atoms with van der Waals surface area (Å²) in [4.78, 5) is 14.4. The quantitative estimate of drug-likeness (QED) is 0.840. The van der Waals surface area contributed by atoms with Crippen LogP contribution in [0.1, 0.15) is 28.8 Å². The predicted octanol–water partition coefficient (Wildman–Crippen LogP) is 3.01. The van der Waals surface area contributed by atoms with Gasteiger partial charge in [-0.25, -0.2) is 0 Å². The molecule has 1 saturated heterocycles. The van der Waals surface area contributed by atoms with E-state index in [-0.39, 0.29) is 12.0 Å². The minimum absolute atomic E-state index is 0.0901. The predicted molar refractivity (Wildman–Crippen MR) is 74.8 cm³/mol. The maximum atomic E-state index is 12.5.